The van der Waals surface area contributed by atoms with E-state index in [4.69, 9.17) is 4.74 Å². The molecule has 24 heavy (non-hydrogen) atoms. The van der Waals surface area contributed by atoms with E-state index in [1.54, 1.807) is 6.08 Å². The van der Waals surface area contributed by atoms with E-state index < -0.39 is 0 Å². The number of ether oxygens (including phenoxy) is 1. The number of amides is 1. The third-order valence-electron chi connectivity index (χ3n) is 4.56. The predicted octanol–water partition coefficient (Wildman–Crippen LogP) is 1.75. The zero-order valence-corrected chi connectivity index (χ0v) is 14.6. The molecule has 0 spiro atoms. The van der Waals surface area contributed by atoms with Crippen molar-refractivity contribution in [2.24, 2.45) is 0 Å². The van der Waals surface area contributed by atoms with Crippen LogP contribution in [0.1, 0.15) is 19.4 Å². The van der Waals surface area contributed by atoms with Gasteiger partial charge in [0.2, 0.25) is 5.91 Å². The van der Waals surface area contributed by atoms with Gasteiger partial charge >= 0.3 is 0 Å². The van der Waals surface area contributed by atoms with Crippen molar-refractivity contribution >= 4 is 17.7 Å². The van der Waals surface area contributed by atoms with Gasteiger partial charge in [0.1, 0.15) is 0 Å². The van der Waals surface area contributed by atoms with Crippen molar-refractivity contribution in [1.82, 2.24) is 10.2 Å². The van der Waals surface area contributed by atoms with E-state index in [0.29, 0.717) is 12.1 Å². The fourth-order valence-corrected chi connectivity index (χ4v) is 3.40. The van der Waals surface area contributed by atoms with Crippen molar-refractivity contribution in [3.05, 3.63) is 35.9 Å². The zero-order valence-electron chi connectivity index (χ0n) is 14.6. The van der Waals surface area contributed by atoms with Crippen LogP contribution in [0, 0.1) is 0 Å². The first-order valence-electron chi connectivity index (χ1n) is 8.77. The summed E-state index contributed by atoms with van der Waals surface area (Å²) in [6.45, 7) is 9.22. The van der Waals surface area contributed by atoms with Gasteiger partial charge in [0, 0.05) is 50.0 Å². The standard InChI is InChI=1S/C19H27N3O2/c1-15-13-22(14-16(2)20-15)19(23)8-5-17-3-6-18(7-4-17)21-9-11-24-12-10-21/h3-8,15-16,20H,9-14H2,1-2H3/b8-5+. The number of benzene rings is 1. The number of carbonyl (C=O) groups excluding carboxylic acids is 1. The van der Waals surface area contributed by atoms with Crippen LogP contribution >= 0.6 is 0 Å². The summed E-state index contributed by atoms with van der Waals surface area (Å²) in [4.78, 5) is 16.6. The minimum atomic E-state index is 0.0902. The Hall–Kier alpha value is -1.85. The monoisotopic (exact) mass is 329 g/mol. The number of piperazine rings is 1. The Morgan fingerprint density at radius 3 is 2.38 bits per heavy atom. The van der Waals surface area contributed by atoms with Gasteiger partial charge in [-0.1, -0.05) is 12.1 Å². The molecule has 2 unspecified atom stereocenters. The zero-order chi connectivity index (χ0) is 16.9. The van der Waals surface area contributed by atoms with Crippen LogP contribution in [0.15, 0.2) is 30.3 Å². The normalized spacial score (nSPS) is 25.2. The highest BCUT2D eigenvalue weighted by Gasteiger charge is 2.23. The lowest BCUT2D eigenvalue weighted by atomic mass is 10.1. The molecule has 2 aliphatic heterocycles. The molecule has 130 valence electrons. The van der Waals surface area contributed by atoms with Gasteiger partial charge in [0.15, 0.2) is 0 Å². The van der Waals surface area contributed by atoms with Gasteiger partial charge in [-0.3, -0.25) is 4.79 Å². The summed E-state index contributed by atoms with van der Waals surface area (Å²) in [5.74, 6) is 0.0902. The number of nitrogens with one attached hydrogen (secondary N) is 1. The first kappa shape index (κ1) is 17.0. The molecular formula is C19H27N3O2. The molecule has 0 saturated carbocycles. The maximum Gasteiger partial charge on any atom is 0.246 e. The molecule has 0 radical (unpaired) electrons. The number of anilines is 1. The molecule has 3 rings (SSSR count). The molecule has 0 bridgehead atoms. The van der Waals surface area contributed by atoms with Gasteiger partial charge < -0.3 is 19.9 Å². The van der Waals surface area contributed by atoms with E-state index in [0.717, 1.165) is 45.0 Å². The topological polar surface area (TPSA) is 44.8 Å². The van der Waals surface area contributed by atoms with Crippen molar-refractivity contribution < 1.29 is 9.53 Å². The van der Waals surface area contributed by atoms with Crippen LogP contribution in [0.4, 0.5) is 5.69 Å². The lowest BCUT2D eigenvalue weighted by Crippen LogP contribution is -2.55. The van der Waals surface area contributed by atoms with Crippen LogP contribution in [0.25, 0.3) is 6.08 Å². The average molecular weight is 329 g/mol. The van der Waals surface area contributed by atoms with Gasteiger partial charge in [-0.2, -0.15) is 0 Å². The lowest BCUT2D eigenvalue weighted by molar-refractivity contribution is -0.127. The van der Waals surface area contributed by atoms with E-state index in [-0.39, 0.29) is 5.91 Å². The molecule has 1 N–H and O–H groups in total. The number of carbonyl (C=O) groups is 1. The Labute approximate surface area is 144 Å². The lowest BCUT2D eigenvalue weighted by Gasteiger charge is -2.35. The smallest absolute Gasteiger partial charge is 0.246 e. The summed E-state index contributed by atoms with van der Waals surface area (Å²) >= 11 is 0. The Morgan fingerprint density at radius 1 is 1.12 bits per heavy atom. The molecule has 5 nitrogen and oxygen atoms in total. The molecular weight excluding hydrogens is 302 g/mol. The van der Waals surface area contributed by atoms with Gasteiger partial charge in [0.05, 0.1) is 13.2 Å². The van der Waals surface area contributed by atoms with E-state index >= 15 is 0 Å². The second-order valence-electron chi connectivity index (χ2n) is 6.74. The Bertz CT molecular complexity index is 569. The molecule has 5 heteroatoms. The van der Waals surface area contributed by atoms with Gasteiger partial charge in [0.25, 0.3) is 0 Å². The second-order valence-corrected chi connectivity index (χ2v) is 6.74. The number of hydrogen-bond donors (Lipinski definition) is 1. The molecule has 2 heterocycles. The Balaban J connectivity index is 1.58. The Kier molecular flexibility index (Phi) is 5.53. The van der Waals surface area contributed by atoms with Crippen LogP contribution in [-0.2, 0) is 9.53 Å². The average Bonchev–Trinajstić information content (AvgIpc) is 2.60. The maximum atomic E-state index is 12.4. The highest BCUT2D eigenvalue weighted by molar-refractivity contribution is 5.92. The third kappa shape index (κ3) is 4.36. The fraction of sp³-hybridized carbons (Fsp3) is 0.526. The highest BCUT2D eigenvalue weighted by atomic mass is 16.5. The summed E-state index contributed by atoms with van der Waals surface area (Å²) in [6.07, 6.45) is 3.59. The van der Waals surface area contributed by atoms with Crippen molar-refractivity contribution in [2.45, 2.75) is 25.9 Å². The van der Waals surface area contributed by atoms with Gasteiger partial charge in [-0.05, 0) is 37.6 Å². The number of hydrogen-bond acceptors (Lipinski definition) is 4. The summed E-state index contributed by atoms with van der Waals surface area (Å²) < 4.78 is 5.38. The summed E-state index contributed by atoms with van der Waals surface area (Å²) in [5.41, 5.74) is 2.27. The van der Waals surface area contributed by atoms with Crippen LogP contribution in [0.5, 0.6) is 0 Å². The van der Waals surface area contributed by atoms with Crippen LogP contribution in [-0.4, -0.2) is 62.3 Å². The van der Waals surface area contributed by atoms with Gasteiger partial charge in [-0.15, -0.1) is 0 Å². The Morgan fingerprint density at radius 2 is 1.75 bits per heavy atom. The van der Waals surface area contributed by atoms with Crippen molar-refractivity contribution in [3.63, 3.8) is 0 Å². The first-order valence-corrected chi connectivity index (χ1v) is 8.77. The predicted molar refractivity (Wildman–Crippen MR) is 97.1 cm³/mol. The molecule has 2 fully saturated rings. The molecule has 0 aliphatic carbocycles. The third-order valence-corrected chi connectivity index (χ3v) is 4.56. The van der Waals surface area contributed by atoms with Crippen LogP contribution < -0.4 is 10.2 Å². The van der Waals surface area contributed by atoms with E-state index in [2.05, 4.69) is 48.3 Å². The SMILES string of the molecule is CC1CN(C(=O)/C=C/c2ccc(N3CCOCC3)cc2)CC(C)N1. The maximum absolute atomic E-state index is 12.4. The highest BCUT2D eigenvalue weighted by Crippen LogP contribution is 2.17. The summed E-state index contributed by atoms with van der Waals surface area (Å²) in [6, 6.07) is 9.06. The second kappa shape index (κ2) is 7.81. The molecule has 2 atom stereocenters. The largest absolute Gasteiger partial charge is 0.378 e. The molecule has 1 aromatic rings. The number of rotatable bonds is 3. The summed E-state index contributed by atoms with van der Waals surface area (Å²) in [5, 5.41) is 3.44. The quantitative estimate of drug-likeness (QED) is 0.858. The van der Waals surface area contributed by atoms with Gasteiger partial charge in [-0.25, -0.2) is 0 Å². The minimum absolute atomic E-state index is 0.0902. The number of morpholine rings is 1. The summed E-state index contributed by atoms with van der Waals surface area (Å²) in [7, 11) is 0. The van der Waals surface area contributed by atoms with Crippen LogP contribution in [0.3, 0.4) is 0 Å². The van der Waals surface area contributed by atoms with Crippen LogP contribution in [0.2, 0.25) is 0 Å². The van der Waals surface area contributed by atoms with E-state index in [1.165, 1.54) is 5.69 Å². The molecule has 0 aromatic heterocycles. The molecule has 1 amide bonds. The number of nitrogens with zero attached hydrogens (tertiary/aromatic N) is 2. The molecule has 2 saturated heterocycles. The van der Waals surface area contributed by atoms with Crippen molar-refractivity contribution in [2.75, 3.05) is 44.3 Å². The molecule has 2 aliphatic rings. The van der Waals surface area contributed by atoms with Crippen molar-refractivity contribution in [1.29, 1.82) is 0 Å². The van der Waals surface area contributed by atoms with E-state index in [9.17, 15) is 4.79 Å². The first-order chi connectivity index (χ1) is 11.6. The minimum Gasteiger partial charge on any atom is -0.378 e. The molecule has 1 aromatic carbocycles. The fourth-order valence-electron chi connectivity index (χ4n) is 3.40. The van der Waals surface area contributed by atoms with E-state index in [1.807, 2.05) is 11.0 Å². The van der Waals surface area contributed by atoms with Crippen molar-refractivity contribution in [3.8, 4) is 0 Å².